The molecule has 0 spiro atoms. The fourth-order valence-corrected chi connectivity index (χ4v) is 4.10. The minimum Gasteiger partial charge on any atom is -0.485 e. The first-order valence-corrected chi connectivity index (χ1v) is 12.1. The number of anilines is 1. The molecule has 8 heteroatoms. The van der Waals surface area contributed by atoms with Crippen LogP contribution < -0.4 is 19.7 Å². The third kappa shape index (κ3) is 6.39. The molecule has 0 saturated heterocycles. The molecular weight excluding hydrogens is 446 g/mol. The number of likely N-dealkylation sites (N-methyl/N-ethyl adjacent to an activating group) is 1. The second kappa shape index (κ2) is 11.8. The van der Waals surface area contributed by atoms with E-state index in [0.717, 1.165) is 30.8 Å². The van der Waals surface area contributed by atoms with Gasteiger partial charge in [-0.1, -0.05) is 31.5 Å². The number of benzene rings is 2. The zero-order chi connectivity index (χ0) is 25.5. The van der Waals surface area contributed by atoms with Gasteiger partial charge in [0.1, 0.15) is 17.5 Å². The first kappa shape index (κ1) is 26.2. The van der Waals surface area contributed by atoms with Crippen LogP contribution in [0.2, 0.25) is 0 Å². The number of carbonyl (C=O) groups excluding carboxylic acids is 3. The van der Waals surface area contributed by atoms with Gasteiger partial charge < -0.3 is 19.7 Å². The second-order valence-electron chi connectivity index (χ2n) is 8.71. The molecule has 1 heterocycles. The van der Waals surface area contributed by atoms with E-state index < -0.39 is 6.04 Å². The largest absolute Gasteiger partial charge is 0.485 e. The number of hydrogen-bond donors (Lipinski definition) is 1. The molecule has 0 saturated carbocycles. The lowest BCUT2D eigenvalue weighted by molar-refractivity contribution is -0.127. The first-order valence-electron chi connectivity index (χ1n) is 12.1. The minimum absolute atomic E-state index is 0.140. The number of nitrogens with zero attached hydrogens (tertiary/aromatic N) is 2. The monoisotopic (exact) mass is 481 g/mol. The Kier molecular flexibility index (Phi) is 8.87. The van der Waals surface area contributed by atoms with Crippen molar-refractivity contribution >= 4 is 23.3 Å². The van der Waals surface area contributed by atoms with Gasteiger partial charge in [0.25, 0.3) is 5.91 Å². The summed E-state index contributed by atoms with van der Waals surface area (Å²) in [6.45, 7) is 12.5. The highest BCUT2D eigenvalue weighted by Crippen LogP contribution is 2.34. The van der Waals surface area contributed by atoms with Gasteiger partial charge >= 0.3 is 0 Å². The molecule has 1 atom stereocenters. The summed E-state index contributed by atoms with van der Waals surface area (Å²) in [6, 6.07) is 9.92. The van der Waals surface area contributed by atoms with E-state index in [2.05, 4.69) is 24.1 Å². The maximum absolute atomic E-state index is 12.9. The van der Waals surface area contributed by atoms with Gasteiger partial charge in [0.05, 0.1) is 5.69 Å². The van der Waals surface area contributed by atoms with Crippen LogP contribution in [-0.4, -0.2) is 67.9 Å². The van der Waals surface area contributed by atoms with Crippen molar-refractivity contribution in [3.63, 3.8) is 0 Å². The molecular formula is C27H35N3O5. The summed E-state index contributed by atoms with van der Waals surface area (Å²) in [5.41, 5.74) is 2.86. The highest BCUT2D eigenvalue weighted by molar-refractivity contribution is 6.05. The van der Waals surface area contributed by atoms with Gasteiger partial charge in [-0.2, -0.15) is 0 Å². The molecule has 0 bridgehead atoms. The van der Waals surface area contributed by atoms with E-state index in [1.165, 1.54) is 4.90 Å². The molecule has 0 aromatic heterocycles. The van der Waals surface area contributed by atoms with Crippen molar-refractivity contribution in [1.29, 1.82) is 0 Å². The topological polar surface area (TPSA) is 88.2 Å². The van der Waals surface area contributed by atoms with Crippen LogP contribution in [0.4, 0.5) is 5.69 Å². The molecule has 0 fully saturated rings. The van der Waals surface area contributed by atoms with Crippen molar-refractivity contribution in [3.05, 3.63) is 53.1 Å². The van der Waals surface area contributed by atoms with Gasteiger partial charge in [-0.3, -0.25) is 19.3 Å². The summed E-state index contributed by atoms with van der Waals surface area (Å²) in [5, 5.41) is 2.91. The number of hydrogen-bond acceptors (Lipinski definition) is 6. The van der Waals surface area contributed by atoms with Gasteiger partial charge in [0.2, 0.25) is 5.91 Å². The lowest BCUT2D eigenvalue weighted by Gasteiger charge is -2.33. The number of nitrogens with one attached hydrogen (secondary N) is 1. The van der Waals surface area contributed by atoms with E-state index in [4.69, 9.17) is 9.47 Å². The Morgan fingerprint density at radius 3 is 2.57 bits per heavy atom. The number of amides is 2. The summed E-state index contributed by atoms with van der Waals surface area (Å²) in [7, 11) is 0. The molecule has 35 heavy (non-hydrogen) atoms. The number of ether oxygens (including phenoxy) is 2. The van der Waals surface area contributed by atoms with Crippen LogP contribution in [0.1, 0.15) is 42.3 Å². The molecule has 1 N–H and O–H groups in total. The van der Waals surface area contributed by atoms with Crippen LogP contribution in [0.25, 0.3) is 0 Å². The molecule has 1 unspecified atom stereocenters. The zero-order valence-electron chi connectivity index (χ0n) is 21.2. The van der Waals surface area contributed by atoms with Gasteiger partial charge in [-0.15, -0.1) is 0 Å². The van der Waals surface area contributed by atoms with Crippen LogP contribution >= 0.6 is 0 Å². The molecule has 2 amide bonds. The SMILES string of the molecule is CCN(CC)CCNC(=O)C(C)N1C(=O)COc2ccc(C(=O)COc3ccc(C)cc3C)cc21. The van der Waals surface area contributed by atoms with Crippen molar-refractivity contribution in [3.8, 4) is 11.5 Å². The molecule has 2 aromatic carbocycles. The van der Waals surface area contributed by atoms with Gasteiger partial charge in [-0.05, 0) is 63.7 Å². The predicted molar refractivity (Wildman–Crippen MR) is 135 cm³/mol. The van der Waals surface area contributed by atoms with E-state index in [0.29, 0.717) is 29.3 Å². The number of rotatable bonds is 11. The molecule has 1 aliphatic rings. The van der Waals surface area contributed by atoms with Gasteiger partial charge in [0, 0.05) is 18.7 Å². The normalized spacial score (nSPS) is 13.8. The molecule has 188 valence electrons. The molecule has 3 rings (SSSR count). The summed E-state index contributed by atoms with van der Waals surface area (Å²) >= 11 is 0. The molecule has 0 aliphatic carbocycles. The lowest BCUT2D eigenvalue weighted by atomic mass is 10.1. The van der Waals surface area contributed by atoms with Crippen molar-refractivity contribution in [2.24, 2.45) is 0 Å². The zero-order valence-corrected chi connectivity index (χ0v) is 21.2. The van der Waals surface area contributed by atoms with Crippen molar-refractivity contribution < 1.29 is 23.9 Å². The number of carbonyl (C=O) groups is 3. The van der Waals surface area contributed by atoms with Crippen molar-refractivity contribution in [1.82, 2.24) is 10.2 Å². The minimum atomic E-state index is -0.751. The summed E-state index contributed by atoms with van der Waals surface area (Å²) in [5.74, 6) is 0.284. The third-order valence-electron chi connectivity index (χ3n) is 6.24. The van der Waals surface area contributed by atoms with E-state index in [9.17, 15) is 14.4 Å². The van der Waals surface area contributed by atoms with Crippen molar-refractivity contribution in [2.45, 2.75) is 40.7 Å². The van der Waals surface area contributed by atoms with Crippen LogP contribution in [0, 0.1) is 13.8 Å². The average molecular weight is 482 g/mol. The Morgan fingerprint density at radius 2 is 1.89 bits per heavy atom. The highest BCUT2D eigenvalue weighted by atomic mass is 16.5. The van der Waals surface area contributed by atoms with Crippen LogP contribution in [0.15, 0.2) is 36.4 Å². The second-order valence-corrected chi connectivity index (χ2v) is 8.71. The smallest absolute Gasteiger partial charge is 0.265 e. The molecule has 2 aromatic rings. The molecule has 1 aliphatic heterocycles. The first-order chi connectivity index (χ1) is 16.7. The number of ketones is 1. The van der Waals surface area contributed by atoms with E-state index in [-0.39, 0.29) is 30.8 Å². The van der Waals surface area contributed by atoms with Crippen LogP contribution in [0.5, 0.6) is 11.5 Å². The number of fused-ring (bicyclic) bond motifs is 1. The number of Topliss-reactive ketones (excluding diaryl/α,β-unsaturated/α-hetero) is 1. The summed E-state index contributed by atoms with van der Waals surface area (Å²) in [4.78, 5) is 42.1. The maximum atomic E-state index is 12.9. The van der Waals surface area contributed by atoms with Crippen LogP contribution in [0.3, 0.4) is 0 Å². The Bertz CT molecular complexity index is 1080. The Labute approximate surface area is 207 Å². The summed E-state index contributed by atoms with van der Waals surface area (Å²) < 4.78 is 11.3. The molecule has 0 radical (unpaired) electrons. The fourth-order valence-electron chi connectivity index (χ4n) is 4.10. The predicted octanol–water partition coefficient (Wildman–Crippen LogP) is 3.14. The fraction of sp³-hybridized carbons (Fsp3) is 0.444. The maximum Gasteiger partial charge on any atom is 0.265 e. The summed E-state index contributed by atoms with van der Waals surface area (Å²) in [6.07, 6.45) is 0. The van der Waals surface area contributed by atoms with Crippen LogP contribution in [-0.2, 0) is 9.59 Å². The highest BCUT2D eigenvalue weighted by Gasteiger charge is 2.33. The van der Waals surface area contributed by atoms with Gasteiger partial charge in [0.15, 0.2) is 19.0 Å². The standard InChI is InChI=1S/C27H35N3O5/c1-6-29(7-2)13-12-28-27(33)20(5)30-22-15-21(9-11-25(22)35-17-26(30)32)23(31)16-34-24-10-8-18(3)14-19(24)4/h8-11,14-15,20H,6-7,12-13,16-17H2,1-5H3,(H,28,33). The van der Waals surface area contributed by atoms with Crippen molar-refractivity contribution in [2.75, 3.05) is 44.3 Å². The molecule has 8 nitrogen and oxygen atoms in total. The lowest BCUT2D eigenvalue weighted by Crippen LogP contribution is -2.52. The Morgan fingerprint density at radius 1 is 1.14 bits per heavy atom. The number of aryl methyl sites for hydroxylation is 2. The Hall–Kier alpha value is -3.39. The van der Waals surface area contributed by atoms with Gasteiger partial charge in [-0.25, -0.2) is 0 Å². The average Bonchev–Trinajstić information content (AvgIpc) is 2.85. The van der Waals surface area contributed by atoms with E-state index >= 15 is 0 Å². The quantitative estimate of drug-likeness (QED) is 0.496. The van der Waals surface area contributed by atoms with E-state index in [1.807, 2.05) is 32.0 Å². The Balaban J connectivity index is 1.72. The third-order valence-corrected chi connectivity index (χ3v) is 6.24. The van der Waals surface area contributed by atoms with E-state index in [1.54, 1.807) is 25.1 Å².